The highest BCUT2D eigenvalue weighted by atomic mass is 35.5. The number of amides is 1. The van der Waals surface area contributed by atoms with Crippen molar-refractivity contribution in [1.29, 1.82) is 0 Å². The number of ether oxygens (including phenoxy) is 1. The Hall–Kier alpha value is -3.42. The van der Waals surface area contributed by atoms with Gasteiger partial charge in [-0.05, 0) is 71.7 Å². The van der Waals surface area contributed by atoms with Crippen LogP contribution in [0.4, 0.5) is 5.69 Å². The van der Waals surface area contributed by atoms with Gasteiger partial charge in [0.15, 0.2) is 10.7 Å². The molecule has 0 saturated carbocycles. The molecule has 0 radical (unpaired) electrons. The number of thiocarbonyl (C=S) groups is 1. The number of methoxy groups -OCH3 is 1. The molecule has 4 aromatic rings. The molecular formula is C26H24ClN3O3S. The van der Waals surface area contributed by atoms with Crippen molar-refractivity contribution in [2.24, 2.45) is 0 Å². The Morgan fingerprint density at radius 1 is 1.12 bits per heavy atom. The molecule has 0 spiro atoms. The Bertz CT molecular complexity index is 1350. The zero-order valence-corrected chi connectivity index (χ0v) is 20.6. The van der Waals surface area contributed by atoms with Crippen LogP contribution >= 0.6 is 23.8 Å². The molecule has 34 heavy (non-hydrogen) atoms. The molecule has 0 saturated heterocycles. The third-order valence-corrected chi connectivity index (χ3v) is 5.76. The van der Waals surface area contributed by atoms with Crippen molar-refractivity contribution >= 4 is 51.6 Å². The quantitative estimate of drug-likeness (QED) is 0.305. The highest BCUT2D eigenvalue weighted by molar-refractivity contribution is 7.80. The number of carbonyl (C=O) groups is 1. The van der Waals surface area contributed by atoms with E-state index in [1.807, 2.05) is 30.3 Å². The number of nitrogens with one attached hydrogen (secondary N) is 2. The number of hydrogen-bond donors (Lipinski definition) is 2. The highest BCUT2D eigenvalue weighted by Crippen LogP contribution is 2.32. The minimum atomic E-state index is -0.241. The molecule has 6 nitrogen and oxygen atoms in total. The van der Waals surface area contributed by atoms with E-state index < -0.39 is 0 Å². The van der Waals surface area contributed by atoms with Crippen LogP contribution in [0.25, 0.3) is 22.6 Å². The van der Waals surface area contributed by atoms with E-state index in [2.05, 4.69) is 29.5 Å². The first-order valence-corrected chi connectivity index (χ1v) is 11.5. The first-order valence-electron chi connectivity index (χ1n) is 10.8. The van der Waals surface area contributed by atoms with E-state index in [-0.39, 0.29) is 17.4 Å². The highest BCUT2D eigenvalue weighted by Gasteiger charge is 2.14. The zero-order valence-electron chi connectivity index (χ0n) is 19.0. The van der Waals surface area contributed by atoms with Crippen molar-refractivity contribution in [3.63, 3.8) is 0 Å². The maximum Gasteiger partial charge on any atom is 0.230 e. The number of nitrogens with zero attached hydrogens (tertiary/aromatic N) is 1. The third kappa shape index (κ3) is 5.55. The smallest absolute Gasteiger partial charge is 0.230 e. The molecule has 1 aromatic heterocycles. The lowest BCUT2D eigenvalue weighted by Crippen LogP contribution is -2.35. The Labute approximate surface area is 208 Å². The maximum atomic E-state index is 12.4. The lowest BCUT2D eigenvalue weighted by atomic mass is 10.0. The fourth-order valence-electron chi connectivity index (χ4n) is 3.48. The molecule has 0 bridgehead atoms. The largest absolute Gasteiger partial charge is 0.495 e. The van der Waals surface area contributed by atoms with Crippen LogP contribution < -0.4 is 15.4 Å². The van der Waals surface area contributed by atoms with Crippen molar-refractivity contribution in [1.82, 2.24) is 10.3 Å². The number of carbonyl (C=O) groups excluding carboxylic acids is 1. The second kappa shape index (κ2) is 10.2. The second-order valence-corrected chi connectivity index (χ2v) is 8.97. The van der Waals surface area contributed by atoms with Gasteiger partial charge in [0.05, 0.1) is 19.2 Å². The molecule has 2 N–H and O–H groups in total. The van der Waals surface area contributed by atoms with Gasteiger partial charge in [0.2, 0.25) is 11.8 Å². The summed E-state index contributed by atoms with van der Waals surface area (Å²) in [6, 6.07) is 18.6. The first kappa shape index (κ1) is 23.7. The molecular weight excluding hydrogens is 470 g/mol. The average molecular weight is 494 g/mol. The molecule has 1 amide bonds. The van der Waals surface area contributed by atoms with Gasteiger partial charge in [0.1, 0.15) is 11.3 Å². The van der Waals surface area contributed by atoms with Crippen molar-refractivity contribution in [3.8, 4) is 17.2 Å². The van der Waals surface area contributed by atoms with E-state index >= 15 is 0 Å². The molecule has 0 aliphatic heterocycles. The van der Waals surface area contributed by atoms with Crippen molar-refractivity contribution < 1.29 is 13.9 Å². The van der Waals surface area contributed by atoms with Crippen LogP contribution in [0.2, 0.25) is 5.02 Å². The molecule has 1 heterocycles. The van der Waals surface area contributed by atoms with Crippen molar-refractivity contribution in [3.05, 3.63) is 76.8 Å². The number of hydrogen-bond acceptors (Lipinski definition) is 5. The Morgan fingerprint density at radius 3 is 2.59 bits per heavy atom. The van der Waals surface area contributed by atoms with Crippen LogP contribution in [0.5, 0.6) is 5.75 Å². The van der Waals surface area contributed by atoms with E-state index in [4.69, 9.17) is 33.0 Å². The lowest BCUT2D eigenvalue weighted by Gasteiger charge is -2.13. The summed E-state index contributed by atoms with van der Waals surface area (Å²) in [4.78, 5) is 17.0. The summed E-state index contributed by atoms with van der Waals surface area (Å²) in [5.41, 5.74) is 4.89. The topological polar surface area (TPSA) is 76.4 Å². The van der Waals surface area contributed by atoms with Gasteiger partial charge in [-0.3, -0.25) is 4.79 Å². The summed E-state index contributed by atoms with van der Waals surface area (Å²) in [6.07, 6.45) is 0.178. The van der Waals surface area contributed by atoms with Gasteiger partial charge in [0.25, 0.3) is 0 Å². The van der Waals surface area contributed by atoms with Crippen molar-refractivity contribution in [2.75, 3.05) is 12.4 Å². The lowest BCUT2D eigenvalue weighted by molar-refractivity contribution is -0.119. The fourth-order valence-corrected chi connectivity index (χ4v) is 3.83. The standard InChI is InChI=1S/C26H24ClN3O3S/c1-15(2)17-6-11-23-21(13-17)28-25(33-23)18-7-10-22(32-3)20(14-18)29-26(34)30-24(31)12-16-4-8-19(27)9-5-16/h4-11,13-15H,12H2,1-3H3,(H2,29,30,31,34). The number of benzene rings is 3. The molecule has 0 aliphatic rings. The monoisotopic (exact) mass is 493 g/mol. The summed E-state index contributed by atoms with van der Waals surface area (Å²) >= 11 is 11.2. The van der Waals surface area contributed by atoms with Gasteiger partial charge in [-0.2, -0.15) is 0 Å². The number of oxazole rings is 1. The van der Waals surface area contributed by atoms with Crippen LogP contribution in [0.1, 0.15) is 30.9 Å². The van der Waals surface area contributed by atoms with E-state index in [0.717, 1.165) is 22.2 Å². The summed E-state index contributed by atoms with van der Waals surface area (Å²) in [5.74, 6) is 1.21. The summed E-state index contributed by atoms with van der Waals surface area (Å²) in [6.45, 7) is 4.28. The number of halogens is 1. The van der Waals surface area contributed by atoms with Crippen LogP contribution in [-0.2, 0) is 11.2 Å². The van der Waals surface area contributed by atoms with E-state index in [0.29, 0.717) is 28.3 Å². The van der Waals surface area contributed by atoms with E-state index in [1.54, 1.807) is 37.4 Å². The number of fused-ring (bicyclic) bond motifs is 1. The Balaban J connectivity index is 1.51. The summed E-state index contributed by atoms with van der Waals surface area (Å²) in [5, 5.41) is 6.51. The van der Waals surface area contributed by atoms with Gasteiger partial charge in [-0.15, -0.1) is 0 Å². The van der Waals surface area contributed by atoms with Gasteiger partial charge >= 0.3 is 0 Å². The summed E-state index contributed by atoms with van der Waals surface area (Å²) in [7, 11) is 1.56. The van der Waals surface area contributed by atoms with E-state index in [9.17, 15) is 4.79 Å². The number of rotatable bonds is 6. The van der Waals surface area contributed by atoms with Crippen LogP contribution in [0.3, 0.4) is 0 Å². The Morgan fingerprint density at radius 2 is 1.88 bits per heavy atom. The van der Waals surface area contributed by atoms with Crippen LogP contribution in [0.15, 0.2) is 65.1 Å². The number of anilines is 1. The molecule has 3 aromatic carbocycles. The van der Waals surface area contributed by atoms with Crippen LogP contribution in [0, 0.1) is 0 Å². The van der Waals surface area contributed by atoms with Gasteiger partial charge < -0.3 is 19.8 Å². The van der Waals surface area contributed by atoms with Crippen molar-refractivity contribution in [2.45, 2.75) is 26.2 Å². The van der Waals surface area contributed by atoms with Gasteiger partial charge in [-0.25, -0.2) is 4.98 Å². The molecule has 0 aliphatic carbocycles. The molecule has 0 fully saturated rings. The fraction of sp³-hybridized carbons (Fsp3) is 0.192. The normalized spacial score (nSPS) is 11.0. The minimum Gasteiger partial charge on any atom is -0.495 e. The van der Waals surface area contributed by atoms with Gasteiger partial charge in [-0.1, -0.05) is 43.6 Å². The minimum absolute atomic E-state index is 0.161. The second-order valence-electron chi connectivity index (χ2n) is 8.12. The maximum absolute atomic E-state index is 12.4. The molecule has 0 atom stereocenters. The first-order chi connectivity index (χ1) is 16.3. The predicted octanol–water partition coefficient (Wildman–Crippen LogP) is 6.34. The zero-order chi connectivity index (χ0) is 24.2. The molecule has 4 rings (SSSR count). The SMILES string of the molecule is COc1ccc(-c2nc3cc(C(C)C)ccc3o2)cc1NC(=S)NC(=O)Cc1ccc(Cl)cc1. The van der Waals surface area contributed by atoms with E-state index in [1.165, 1.54) is 5.56 Å². The molecule has 174 valence electrons. The molecule has 8 heteroatoms. The molecule has 0 unspecified atom stereocenters. The predicted molar refractivity (Wildman–Crippen MR) is 140 cm³/mol. The number of aromatic nitrogens is 1. The van der Waals surface area contributed by atoms with Crippen LogP contribution in [-0.4, -0.2) is 23.1 Å². The summed E-state index contributed by atoms with van der Waals surface area (Å²) < 4.78 is 11.4. The third-order valence-electron chi connectivity index (χ3n) is 5.30. The van der Waals surface area contributed by atoms with Gasteiger partial charge in [0, 0.05) is 10.6 Å². The average Bonchev–Trinajstić information content (AvgIpc) is 3.24. The Kier molecular flexibility index (Phi) is 7.14.